The van der Waals surface area contributed by atoms with Crippen LogP contribution in [0.1, 0.15) is 33.1 Å². The summed E-state index contributed by atoms with van der Waals surface area (Å²) < 4.78 is 0. The molecule has 0 aromatic heterocycles. The fourth-order valence-corrected chi connectivity index (χ4v) is 1.36. The fourth-order valence-electron chi connectivity index (χ4n) is 1.36. The zero-order chi connectivity index (χ0) is 7.40. The van der Waals surface area contributed by atoms with Gasteiger partial charge in [-0.05, 0) is 12.8 Å². The van der Waals surface area contributed by atoms with Crippen molar-refractivity contribution in [1.82, 2.24) is 5.43 Å². The third-order valence-electron chi connectivity index (χ3n) is 2.03. The Morgan fingerprint density at radius 3 is 3.00 bits per heavy atom. The Bertz CT molecular complexity index is 129. The van der Waals surface area contributed by atoms with Crippen LogP contribution in [-0.4, -0.2) is 12.3 Å². The average Bonchev–Trinajstić information content (AvgIpc) is 2.36. The average molecular weight is 140 g/mol. The lowest BCUT2D eigenvalue weighted by molar-refractivity contribution is 0.635. The lowest BCUT2D eigenvalue weighted by atomic mass is 9.98. The molecule has 0 amide bonds. The molecule has 2 nitrogen and oxygen atoms in total. The first-order valence-electron chi connectivity index (χ1n) is 4.17. The number of hydrogen-bond donors (Lipinski definition) is 1. The molecule has 0 bridgehead atoms. The Balaban J connectivity index is 2.40. The van der Waals surface area contributed by atoms with Crippen LogP contribution in [-0.2, 0) is 0 Å². The van der Waals surface area contributed by atoms with E-state index in [9.17, 15) is 0 Å². The molecule has 1 unspecified atom stereocenters. The van der Waals surface area contributed by atoms with Crippen LogP contribution in [0.15, 0.2) is 5.10 Å². The van der Waals surface area contributed by atoms with E-state index >= 15 is 0 Å². The first-order valence-corrected chi connectivity index (χ1v) is 4.17. The molecule has 2 heteroatoms. The van der Waals surface area contributed by atoms with Gasteiger partial charge in [0.2, 0.25) is 0 Å². The SMILES string of the molecule is CCCC1=NNCC1CC. The van der Waals surface area contributed by atoms with Gasteiger partial charge < -0.3 is 5.43 Å². The van der Waals surface area contributed by atoms with Crippen LogP contribution in [0.2, 0.25) is 0 Å². The molecule has 1 aliphatic heterocycles. The van der Waals surface area contributed by atoms with Crippen molar-refractivity contribution >= 4 is 5.71 Å². The Morgan fingerprint density at radius 2 is 2.40 bits per heavy atom. The molecular weight excluding hydrogens is 124 g/mol. The van der Waals surface area contributed by atoms with E-state index in [1.165, 1.54) is 25.0 Å². The Morgan fingerprint density at radius 1 is 1.60 bits per heavy atom. The van der Waals surface area contributed by atoms with E-state index in [1.54, 1.807) is 0 Å². The highest BCUT2D eigenvalue weighted by molar-refractivity contribution is 5.87. The van der Waals surface area contributed by atoms with Gasteiger partial charge in [-0.1, -0.05) is 20.3 Å². The fraction of sp³-hybridized carbons (Fsp3) is 0.875. The van der Waals surface area contributed by atoms with E-state index in [1.807, 2.05) is 0 Å². The molecule has 1 atom stereocenters. The lowest BCUT2D eigenvalue weighted by Crippen LogP contribution is -2.13. The third kappa shape index (κ3) is 1.49. The summed E-state index contributed by atoms with van der Waals surface area (Å²) in [5, 5.41) is 4.24. The van der Waals surface area contributed by atoms with Crippen LogP contribution < -0.4 is 5.43 Å². The van der Waals surface area contributed by atoms with Crippen molar-refractivity contribution in [2.75, 3.05) is 6.54 Å². The summed E-state index contributed by atoms with van der Waals surface area (Å²) in [6.45, 7) is 5.49. The summed E-state index contributed by atoms with van der Waals surface area (Å²) in [6, 6.07) is 0. The highest BCUT2D eigenvalue weighted by atomic mass is 15.3. The van der Waals surface area contributed by atoms with Crippen molar-refractivity contribution in [2.45, 2.75) is 33.1 Å². The Kier molecular flexibility index (Phi) is 2.72. The minimum atomic E-state index is 0.722. The molecule has 1 heterocycles. The summed E-state index contributed by atoms with van der Waals surface area (Å²) >= 11 is 0. The molecule has 0 aromatic rings. The standard InChI is InChI=1S/C8H16N2/c1-3-5-8-7(4-2)6-9-10-8/h7,9H,3-6H2,1-2H3. The number of hydrazone groups is 1. The molecule has 1 N–H and O–H groups in total. The number of nitrogens with zero attached hydrogens (tertiary/aromatic N) is 1. The molecule has 58 valence electrons. The summed E-state index contributed by atoms with van der Waals surface area (Å²) in [6.07, 6.45) is 3.62. The maximum absolute atomic E-state index is 4.24. The van der Waals surface area contributed by atoms with Crippen LogP contribution in [0.25, 0.3) is 0 Å². The molecule has 0 radical (unpaired) electrons. The summed E-state index contributed by atoms with van der Waals surface area (Å²) in [5.41, 5.74) is 4.43. The number of rotatable bonds is 3. The molecule has 0 fully saturated rings. The first-order chi connectivity index (χ1) is 4.88. The summed E-state index contributed by atoms with van der Waals surface area (Å²) in [7, 11) is 0. The maximum Gasteiger partial charge on any atom is 0.0427 e. The number of hydrogen-bond acceptors (Lipinski definition) is 2. The van der Waals surface area contributed by atoms with Crippen molar-refractivity contribution < 1.29 is 0 Å². The van der Waals surface area contributed by atoms with Crippen molar-refractivity contribution in [3.05, 3.63) is 0 Å². The molecule has 0 aromatic carbocycles. The smallest absolute Gasteiger partial charge is 0.0427 e. The van der Waals surface area contributed by atoms with Crippen molar-refractivity contribution in [3.8, 4) is 0 Å². The van der Waals surface area contributed by atoms with E-state index < -0.39 is 0 Å². The topological polar surface area (TPSA) is 24.4 Å². The van der Waals surface area contributed by atoms with Crippen molar-refractivity contribution in [2.24, 2.45) is 11.0 Å². The van der Waals surface area contributed by atoms with Gasteiger partial charge in [-0.15, -0.1) is 0 Å². The van der Waals surface area contributed by atoms with Gasteiger partial charge in [0.05, 0.1) is 0 Å². The summed E-state index contributed by atoms with van der Waals surface area (Å²) in [5.74, 6) is 0.722. The molecule has 0 aliphatic carbocycles. The van der Waals surface area contributed by atoms with Gasteiger partial charge in [-0.2, -0.15) is 5.10 Å². The van der Waals surface area contributed by atoms with Crippen molar-refractivity contribution in [1.29, 1.82) is 0 Å². The minimum Gasteiger partial charge on any atom is -0.309 e. The van der Waals surface area contributed by atoms with Gasteiger partial charge in [0.25, 0.3) is 0 Å². The van der Waals surface area contributed by atoms with Gasteiger partial charge in [0.15, 0.2) is 0 Å². The van der Waals surface area contributed by atoms with Gasteiger partial charge in [-0.25, -0.2) is 0 Å². The lowest BCUT2D eigenvalue weighted by Gasteiger charge is -2.06. The molecule has 0 spiro atoms. The van der Waals surface area contributed by atoms with Crippen molar-refractivity contribution in [3.63, 3.8) is 0 Å². The molecule has 1 rings (SSSR count). The van der Waals surface area contributed by atoms with Crippen LogP contribution in [0.4, 0.5) is 0 Å². The van der Waals surface area contributed by atoms with Crippen LogP contribution >= 0.6 is 0 Å². The molecule has 0 saturated carbocycles. The second-order valence-corrected chi connectivity index (χ2v) is 2.82. The van der Waals surface area contributed by atoms with Gasteiger partial charge in [-0.3, -0.25) is 0 Å². The number of nitrogens with one attached hydrogen (secondary N) is 1. The van der Waals surface area contributed by atoms with E-state index in [0.717, 1.165) is 12.5 Å². The molecule has 1 aliphatic rings. The molecule has 10 heavy (non-hydrogen) atoms. The minimum absolute atomic E-state index is 0.722. The largest absolute Gasteiger partial charge is 0.309 e. The second kappa shape index (κ2) is 3.59. The quantitative estimate of drug-likeness (QED) is 0.634. The third-order valence-corrected chi connectivity index (χ3v) is 2.03. The Labute approximate surface area is 62.7 Å². The summed E-state index contributed by atoms with van der Waals surface area (Å²) in [4.78, 5) is 0. The monoisotopic (exact) mass is 140 g/mol. The van der Waals surface area contributed by atoms with Gasteiger partial charge >= 0.3 is 0 Å². The molecular formula is C8H16N2. The highest BCUT2D eigenvalue weighted by Gasteiger charge is 2.17. The highest BCUT2D eigenvalue weighted by Crippen LogP contribution is 2.12. The van der Waals surface area contributed by atoms with Crippen LogP contribution in [0.3, 0.4) is 0 Å². The second-order valence-electron chi connectivity index (χ2n) is 2.82. The Hall–Kier alpha value is -0.530. The van der Waals surface area contributed by atoms with Gasteiger partial charge in [0, 0.05) is 18.2 Å². The predicted molar refractivity (Wildman–Crippen MR) is 44.1 cm³/mol. The van der Waals surface area contributed by atoms with E-state index in [4.69, 9.17) is 0 Å². The van der Waals surface area contributed by atoms with Crippen LogP contribution in [0, 0.1) is 5.92 Å². The zero-order valence-corrected chi connectivity index (χ0v) is 6.85. The maximum atomic E-state index is 4.24. The zero-order valence-electron chi connectivity index (χ0n) is 6.85. The van der Waals surface area contributed by atoms with E-state index in [0.29, 0.717) is 0 Å². The predicted octanol–water partition coefficient (Wildman–Crippen LogP) is 1.77. The first kappa shape index (κ1) is 7.58. The van der Waals surface area contributed by atoms with E-state index in [-0.39, 0.29) is 0 Å². The normalized spacial score (nSPS) is 24.2. The van der Waals surface area contributed by atoms with Gasteiger partial charge in [0.1, 0.15) is 0 Å². The van der Waals surface area contributed by atoms with Crippen LogP contribution in [0.5, 0.6) is 0 Å². The van der Waals surface area contributed by atoms with E-state index in [2.05, 4.69) is 24.4 Å². The molecule has 0 saturated heterocycles.